The van der Waals surface area contributed by atoms with Crippen LogP contribution in [0, 0.1) is 0 Å². The molecule has 2 aliphatic rings. The van der Waals surface area contributed by atoms with E-state index in [1.165, 1.54) is 57.9 Å². The molecule has 44 heavy (non-hydrogen) atoms. The third-order valence-electron chi connectivity index (χ3n) is 9.48. The van der Waals surface area contributed by atoms with E-state index in [1.54, 1.807) is 0 Å². The Hall–Kier alpha value is -4.12. The predicted octanol–water partition coefficient (Wildman–Crippen LogP) is 7.96. The molecule has 0 bridgehead atoms. The standard InChI is InChI=1S/C40H42N2O2/c1-29(39-13-7-8-23-41-39)44-36-18-14-30(15-19-36)27-40(35-17-16-32-11-5-6-12-33(32)25-35)38-21-20-37(26-34(38)22-24-42-40)43-28-31-9-3-2-4-10-31/h2-6,9-12,14-21,25-26,29,39,41-42H,7-8,13,22-24,27-28H2,1H3. The Morgan fingerprint density at radius 3 is 2.36 bits per heavy atom. The van der Waals surface area contributed by atoms with E-state index in [9.17, 15) is 0 Å². The van der Waals surface area contributed by atoms with Crippen LogP contribution in [0.5, 0.6) is 11.5 Å². The summed E-state index contributed by atoms with van der Waals surface area (Å²) in [6, 6.07) is 41.8. The molecular formula is C40H42N2O2. The summed E-state index contributed by atoms with van der Waals surface area (Å²) in [6.45, 7) is 4.74. The van der Waals surface area contributed by atoms with Crippen molar-refractivity contribution < 1.29 is 9.47 Å². The van der Waals surface area contributed by atoms with Crippen molar-refractivity contribution in [3.8, 4) is 11.5 Å². The minimum Gasteiger partial charge on any atom is -0.489 e. The first-order valence-corrected chi connectivity index (χ1v) is 16.2. The van der Waals surface area contributed by atoms with E-state index in [0.717, 1.165) is 37.4 Å². The van der Waals surface area contributed by atoms with Crippen molar-refractivity contribution in [1.82, 2.24) is 10.6 Å². The molecule has 2 aliphatic heterocycles. The van der Waals surface area contributed by atoms with Crippen LogP contribution < -0.4 is 20.1 Å². The number of fused-ring (bicyclic) bond motifs is 2. The summed E-state index contributed by atoms with van der Waals surface area (Å²) in [6.07, 6.45) is 5.66. The highest BCUT2D eigenvalue weighted by Crippen LogP contribution is 2.40. The van der Waals surface area contributed by atoms with Crippen LogP contribution in [0.15, 0.2) is 115 Å². The smallest absolute Gasteiger partial charge is 0.120 e. The topological polar surface area (TPSA) is 42.5 Å². The van der Waals surface area contributed by atoms with E-state index in [0.29, 0.717) is 12.6 Å². The van der Waals surface area contributed by atoms with E-state index in [4.69, 9.17) is 9.47 Å². The number of benzene rings is 5. The van der Waals surface area contributed by atoms with Gasteiger partial charge in [-0.2, -0.15) is 0 Å². The minimum atomic E-state index is -0.364. The number of nitrogens with one attached hydrogen (secondary N) is 2. The van der Waals surface area contributed by atoms with E-state index in [-0.39, 0.29) is 11.6 Å². The van der Waals surface area contributed by atoms with Gasteiger partial charge in [-0.3, -0.25) is 0 Å². The molecule has 2 heterocycles. The van der Waals surface area contributed by atoms with Crippen molar-refractivity contribution in [1.29, 1.82) is 0 Å². The molecule has 1 fully saturated rings. The molecule has 2 N–H and O–H groups in total. The Morgan fingerprint density at radius 2 is 1.55 bits per heavy atom. The van der Waals surface area contributed by atoms with Gasteiger partial charge < -0.3 is 20.1 Å². The zero-order valence-corrected chi connectivity index (χ0v) is 25.6. The van der Waals surface area contributed by atoms with Gasteiger partial charge in [-0.1, -0.05) is 91.3 Å². The largest absolute Gasteiger partial charge is 0.489 e. The summed E-state index contributed by atoms with van der Waals surface area (Å²) >= 11 is 0. The Kier molecular flexibility index (Phi) is 8.37. The Bertz CT molecular complexity index is 1690. The molecule has 5 aromatic rings. The van der Waals surface area contributed by atoms with E-state index >= 15 is 0 Å². The van der Waals surface area contributed by atoms with Crippen molar-refractivity contribution >= 4 is 10.8 Å². The van der Waals surface area contributed by atoms with Gasteiger partial charge in [0.2, 0.25) is 0 Å². The van der Waals surface area contributed by atoms with Crippen molar-refractivity contribution in [3.05, 3.63) is 143 Å². The van der Waals surface area contributed by atoms with Crippen molar-refractivity contribution in [2.45, 2.75) is 63.3 Å². The molecule has 3 unspecified atom stereocenters. The molecule has 0 radical (unpaired) electrons. The van der Waals surface area contributed by atoms with Crippen LogP contribution in [0.2, 0.25) is 0 Å². The average molecular weight is 583 g/mol. The summed E-state index contributed by atoms with van der Waals surface area (Å²) in [5.41, 5.74) is 6.04. The van der Waals surface area contributed by atoms with Gasteiger partial charge in [0.15, 0.2) is 0 Å². The first-order valence-electron chi connectivity index (χ1n) is 16.2. The highest BCUT2D eigenvalue weighted by atomic mass is 16.5. The van der Waals surface area contributed by atoms with Crippen LogP contribution in [0.25, 0.3) is 10.8 Å². The zero-order valence-electron chi connectivity index (χ0n) is 25.6. The fourth-order valence-corrected chi connectivity index (χ4v) is 7.07. The van der Waals surface area contributed by atoms with Gasteiger partial charge in [-0.05, 0) is 108 Å². The van der Waals surface area contributed by atoms with Gasteiger partial charge in [0.05, 0.1) is 5.54 Å². The number of hydrogen-bond acceptors (Lipinski definition) is 4. The summed E-state index contributed by atoms with van der Waals surface area (Å²) in [5, 5.41) is 10.2. The second-order valence-corrected chi connectivity index (χ2v) is 12.4. The van der Waals surface area contributed by atoms with Gasteiger partial charge in [-0.15, -0.1) is 0 Å². The third-order valence-corrected chi connectivity index (χ3v) is 9.48. The summed E-state index contributed by atoms with van der Waals surface area (Å²) < 4.78 is 12.6. The lowest BCUT2D eigenvalue weighted by molar-refractivity contribution is 0.152. The molecule has 4 nitrogen and oxygen atoms in total. The van der Waals surface area contributed by atoms with Crippen molar-refractivity contribution in [2.24, 2.45) is 0 Å². The maximum Gasteiger partial charge on any atom is 0.120 e. The normalized spacial score (nSPS) is 20.5. The van der Waals surface area contributed by atoms with Crippen LogP contribution >= 0.6 is 0 Å². The molecule has 0 aliphatic carbocycles. The van der Waals surface area contributed by atoms with Gasteiger partial charge in [0.25, 0.3) is 0 Å². The summed E-state index contributed by atoms with van der Waals surface area (Å²) in [7, 11) is 0. The molecule has 0 aromatic heterocycles. The van der Waals surface area contributed by atoms with Gasteiger partial charge in [0.1, 0.15) is 24.2 Å². The lowest BCUT2D eigenvalue weighted by atomic mass is 9.73. The average Bonchev–Trinajstić information content (AvgIpc) is 3.09. The van der Waals surface area contributed by atoms with E-state index < -0.39 is 0 Å². The Morgan fingerprint density at radius 1 is 0.750 bits per heavy atom. The van der Waals surface area contributed by atoms with Gasteiger partial charge in [0, 0.05) is 12.6 Å². The van der Waals surface area contributed by atoms with Gasteiger partial charge in [-0.25, -0.2) is 0 Å². The summed E-state index contributed by atoms with van der Waals surface area (Å²) in [4.78, 5) is 0. The highest BCUT2D eigenvalue weighted by molar-refractivity contribution is 5.83. The fourth-order valence-electron chi connectivity index (χ4n) is 7.07. The van der Waals surface area contributed by atoms with E-state index in [1.807, 2.05) is 6.07 Å². The predicted molar refractivity (Wildman–Crippen MR) is 180 cm³/mol. The van der Waals surface area contributed by atoms with Gasteiger partial charge >= 0.3 is 0 Å². The molecule has 0 saturated carbocycles. The van der Waals surface area contributed by atoms with Crippen molar-refractivity contribution in [2.75, 3.05) is 13.1 Å². The van der Waals surface area contributed by atoms with Crippen LogP contribution in [-0.2, 0) is 25.0 Å². The molecule has 5 aromatic carbocycles. The highest BCUT2D eigenvalue weighted by Gasteiger charge is 2.38. The van der Waals surface area contributed by atoms with Crippen molar-refractivity contribution in [3.63, 3.8) is 0 Å². The molecule has 224 valence electrons. The third kappa shape index (κ3) is 6.10. The Labute approximate surface area is 261 Å². The second-order valence-electron chi connectivity index (χ2n) is 12.4. The lowest BCUT2D eigenvalue weighted by Crippen LogP contribution is -2.49. The minimum absolute atomic E-state index is 0.148. The number of hydrogen-bond donors (Lipinski definition) is 2. The molecular weight excluding hydrogens is 540 g/mol. The summed E-state index contributed by atoms with van der Waals surface area (Å²) in [5.74, 6) is 1.86. The number of piperidine rings is 1. The Balaban J connectivity index is 1.19. The van der Waals surface area contributed by atoms with Crippen LogP contribution in [0.4, 0.5) is 0 Å². The molecule has 0 spiro atoms. The maximum absolute atomic E-state index is 6.39. The van der Waals surface area contributed by atoms with Crippen LogP contribution in [0.3, 0.4) is 0 Å². The van der Waals surface area contributed by atoms with Crippen LogP contribution in [0.1, 0.15) is 54.0 Å². The monoisotopic (exact) mass is 582 g/mol. The first kappa shape index (κ1) is 28.6. The SMILES string of the molecule is CC(Oc1ccc(CC2(c3ccc4ccccc4c3)NCCc3cc(OCc4ccccc4)ccc32)cc1)C1CCCCN1. The zero-order chi connectivity index (χ0) is 29.8. The number of rotatable bonds is 9. The maximum atomic E-state index is 6.39. The quantitative estimate of drug-likeness (QED) is 0.185. The molecule has 1 saturated heterocycles. The van der Waals surface area contributed by atoms with Crippen LogP contribution in [-0.4, -0.2) is 25.2 Å². The number of ether oxygens (including phenoxy) is 2. The lowest BCUT2D eigenvalue weighted by Gasteiger charge is -2.41. The second kappa shape index (κ2) is 12.9. The van der Waals surface area contributed by atoms with E-state index in [2.05, 4.69) is 127 Å². The molecule has 3 atom stereocenters. The molecule has 7 rings (SSSR count). The molecule has 0 amide bonds. The molecule has 4 heteroatoms. The first-order chi connectivity index (χ1) is 21.7. The fraction of sp³-hybridized carbons (Fsp3) is 0.300.